The summed E-state index contributed by atoms with van der Waals surface area (Å²) in [6.07, 6.45) is 2.06. The molecule has 0 aliphatic rings. The maximum atomic E-state index is 13.2. The second kappa shape index (κ2) is 5.48. The van der Waals surface area contributed by atoms with Gasteiger partial charge in [-0.3, -0.25) is 0 Å². The maximum absolute atomic E-state index is 13.2. The van der Waals surface area contributed by atoms with Gasteiger partial charge in [-0.05, 0) is 31.2 Å². The van der Waals surface area contributed by atoms with E-state index in [4.69, 9.17) is 10.5 Å². The van der Waals surface area contributed by atoms with Crippen LogP contribution >= 0.6 is 0 Å². The molecule has 4 heteroatoms. The first-order valence-corrected chi connectivity index (χ1v) is 6.93. The van der Waals surface area contributed by atoms with Gasteiger partial charge in [0.05, 0.1) is 5.52 Å². The van der Waals surface area contributed by atoms with Crippen LogP contribution < -0.4 is 10.5 Å². The number of aryl methyl sites for hydroxylation is 1. The molecule has 1 aromatic heterocycles. The average Bonchev–Trinajstić information content (AvgIpc) is 2.82. The van der Waals surface area contributed by atoms with Crippen LogP contribution in [0.5, 0.6) is 5.75 Å². The van der Waals surface area contributed by atoms with E-state index in [1.54, 1.807) is 12.1 Å². The lowest BCUT2D eigenvalue weighted by Gasteiger charge is -2.05. The van der Waals surface area contributed by atoms with E-state index in [-0.39, 0.29) is 5.82 Å². The molecule has 0 saturated carbocycles. The van der Waals surface area contributed by atoms with Crippen molar-refractivity contribution < 1.29 is 9.13 Å². The van der Waals surface area contributed by atoms with Crippen molar-refractivity contribution in [1.82, 2.24) is 4.57 Å². The minimum atomic E-state index is -0.295. The fourth-order valence-electron chi connectivity index (χ4n) is 2.48. The van der Waals surface area contributed by atoms with Gasteiger partial charge in [-0.1, -0.05) is 12.1 Å². The fraction of sp³-hybridized carbons (Fsp3) is 0.176. The van der Waals surface area contributed by atoms with Crippen molar-refractivity contribution in [2.75, 3.05) is 5.73 Å². The molecule has 0 bridgehead atoms. The molecule has 1 heterocycles. The van der Waals surface area contributed by atoms with Crippen LogP contribution in [0.1, 0.15) is 12.5 Å². The number of rotatable bonds is 4. The normalized spacial score (nSPS) is 11.0. The zero-order chi connectivity index (χ0) is 14.8. The van der Waals surface area contributed by atoms with Gasteiger partial charge >= 0.3 is 0 Å². The lowest BCUT2D eigenvalue weighted by Crippen LogP contribution is -1.95. The smallest absolute Gasteiger partial charge is 0.126 e. The maximum Gasteiger partial charge on any atom is 0.126 e. The summed E-state index contributed by atoms with van der Waals surface area (Å²) in [5.41, 5.74) is 8.75. The highest BCUT2D eigenvalue weighted by atomic mass is 19.1. The Labute approximate surface area is 122 Å². The predicted molar refractivity (Wildman–Crippen MR) is 82.8 cm³/mol. The highest BCUT2D eigenvalue weighted by Crippen LogP contribution is 2.25. The van der Waals surface area contributed by atoms with Crippen molar-refractivity contribution in [2.24, 2.45) is 0 Å². The van der Waals surface area contributed by atoms with Crippen molar-refractivity contribution >= 4 is 16.6 Å². The third-order valence-electron chi connectivity index (χ3n) is 3.52. The van der Waals surface area contributed by atoms with Crippen molar-refractivity contribution in [3.63, 3.8) is 0 Å². The molecule has 0 aliphatic heterocycles. The number of nitrogens with two attached hydrogens (primary N) is 1. The van der Waals surface area contributed by atoms with Crippen LogP contribution in [-0.2, 0) is 13.2 Å². The third kappa shape index (κ3) is 2.70. The summed E-state index contributed by atoms with van der Waals surface area (Å²) in [4.78, 5) is 0. The van der Waals surface area contributed by atoms with E-state index in [9.17, 15) is 4.39 Å². The molecule has 0 radical (unpaired) electrons. The number of hydrogen-bond donors (Lipinski definition) is 1. The average molecular weight is 284 g/mol. The van der Waals surface area contributed by atoms with Crippen LogP contribution in [0, 0.1) is 5.82 Å². The Balaban J connectivity index is 1.90. The van der Waals surface area contributed by atoms with Crippen LogP contribution in [0.25, 0.3) is 10.9 Å². The van der Waals surface area contributed by atoms with Gasteiger partial charge in [0.15, 0.2) is 0 Å². The van der Waals surface area contributed by atoms with Gasteiger partial charge in [-0.25, -0.2) is 4.39 Å². The highest BCUT2D eigenvalue weighted by Gasteiger charge is 2.09. The zero-order valence-corrected chi connectivity index (χ0v) is 11.8. The molecule has 3 nitrogen and oxygen atoms in total. The summed E-state index contributed by atoms with van der Waals surface area (Å²) in [5.74, 6) is 0.235. The summed E-state index contributed by atoms with van der Waals surface area (Å²) in [7, 11) is 0. The Morgan fingerprint density at radius 1 is 1.19 bits per heavy atom. The first kappa shape index (κ1) is 13.5. The Hall–Kier alpha value is -2.49. The summed E-state index contributed by atoms with van der Waals surface area (Å²) in [5, 5.41) is 1.11. The first-order valence-electron chi connectivity index (χ1n) is 6.93. The van der Waals surface area contributed by atoms with Gasteiger partial charge in [0.2, 0.25) is 0 Å². The Morgan fingerprint density at radius 2 is 2.05 bits per heavy atom. The number of ether oxygens (including phenoxy) is 1. The minimum absolute atomic E-state index is 0.295. The summed E-state index contributed by atoms with van der Waals surface area (Å²) in [6, 6.07) is 12.0. The Kier molecular flexibility index (Phi) is 3.52. The van der Waals surface area contributed by atoms with Crippen LogP contribution in [0.15, 0.2) is 48.7 Å². The summed E-state index contributed by atoms with van der Waals surface area (Å²) < 4.78 is 21.0. The second-order valence-electron chi connectivity index (χ2n) is 4.96. The number of benzene rings is 2. The Morgan fingerprint density at radius 3 is 2.81 bits per heavy atom. The molecule has 0 spiro atoms. The highest BCUT2D eigenvalue weighted by molar-refractivity contribution is 5.86. The van der Waals surface area contributed by atoms with E-state index >= 15 is 0 Å². The molecule has 0 saturated heterocycles. The molecule has 21 heavy (non-hydrogen) atoms. The number of anilines is 1. The van der Waals surface area contributed by atoms with E-state index in [1.807, 2.05) is 18.2 Å². The van der Waals surface area contributed by atoms with Crippen molar-refractivity contribution in [3.05, 3.63) is 60.0 Å². The molecular formula is C17H17FN2O. The molecular weight excluding hydrogens is 267 g/mol. The lowest BCUT2D eigenvalue weighted by atomic mass is 10.1. The molecule has 0 fully saturated rings. The molecule has 0 atom stereocenters. The molecule has 3 aromatic rings. The second-order valence-corrected chi connectivity index (χ2v) is 4.96. The van der Waals surface area contributed by atoms with Crippen molar-refractivity contribution in [2.45, 2.75) is 20.1 Å². The van der Waals surface area contributed by atoms with Gasteiger partial charge in [0.1, 0.15) is 18.2 Å². The molecule has 3 rings (SSSR count). The number of hydrogen-bond acceptors (Lipinski definition) is 2. The van der Waals surface area contributed by atoms with Gasteiger partial charge in [-0.2, -0.15) is 0 Å². The molecule has 108 valence electrons. The van der Waals surface area contributed by atoms with Gasteiger partial charge in [0.25, 0.3) is 0 Å². The molecule has 0 aliphatic carbocycles. The van der Waals surface area contributed by atoms with Crippen molar-refractivity contribution in [1.29, 1.82) is 0 Å². The summed E-state index contributed by atoms with van der Waals surface area (Å²) >= 11 is 0. The minimum Gasteiger partial charge on any atom is -0.489 e. The summed E-state index contributed by atoms with van der Waals surface area (Å²) in [6.45, 7) is 3.34. The van der Waals surface area contributed by atoms with Gasteiger partial charge < -0.3 is 15.0 Å². The Bertz CT molecular complexity index is 780. The van der Waals surface area contributed by atoms with E-state index in [0.29, 0.717) is 12.4 Å². The SMILES string of the molecule is CCn1cc(COc2cccc(F)c2)c2ccc(N)cc21. The number of halogens is 1. The van der Waals surface area contributed by atoms with Crippen LogP contribution in [-0.4, -0.2) is 4.57 Å². The standard InChI is InChI=1S/C17H17FN2O/c1-2-20-10-12(16-7-6-14(19)9-17(16)20)11-21-15-5-3-4-13(18)8-15/h3-10H,2,11,19H2,1H3. The quantitative estimate of drug-likeness (QED) is 0.737. The van der Waals surface area contributed by atoms with E-state index in [0.717, 1.165) is 28.7 Å². The number of nitrogens with zero attached hydrogens (tertiary/aromatic N) is 1. The molecule has 0 unspecified atom stereocenters. The van der Waals surface area contributed by atoms with E-state index < -0.39 is 0 Å². The zero-order valence-electron chi connectivity index (χ0n) is 11.8. The first-order chi connectivity index (χ1) is 10.2. The van der Waals surface area contributed by atoms with Crippen LogP contribution in [0.3, 0.4) is 0 Å². The topological polar surface area (TPSA) is 40.2 Å². The van der Waals surface area contributed by atoms with E-state index in [2.05, 4.69) is 17.7 Å². The van der Waals surface area contributed by atoms with Gasteiger partial charge in [-0.15, -0.1) is 0 Å². The van der Waals surface area contributed by atoms with Gasteiger partial charge in [0, 0.05) is 35.4 Å². The fourth-order valence-corrected chi connectivity index (χ4v) is 2.48. The van der Waals surface area contributed by atoms with Crippen LogP contribution in [0.4, 0.5) is 10.1 Å². The number of nitrogen functional groups attached to an aromatic ring is 1. The predicted octanol–water partition coefficient (Wildman–Crippen LogP) is 3.96. The van der Waals surface area contributed by atoms with E-state index in [1.165, 1.54) is 12.1 Å². The van der Waals surface area contributed by atoms with Crippen molar-refractivity contribution in [3.8, 4) is 5.75 Å². The monoisotopic (exact) mass is 284 g/mol. The molecule has 2 N–H and O–H groups in total. The number of fused-ring (bicyclic) bond motifs is 1. The molecule has 0 amide bonds. The lowest BCUT2D eigenvalue weighted by molar-refractivity contribution is 0.305. The number of aromatic nitrogens is 1. The largest absolute Gasteiger partial charge is 0.489 e. The molecule has 2 aromatic carbocycles. The van der Waals surface area contributed by atoms with Crippen LogP contribution in [0.2, 0.25) is 0 Å². The third-order valence-corrected chi connectivity index (χ3v) is 3.52.